The van der Waals surface area contributed by atoms with E-state index < -0.39 is 10.0 Å². The highest BCUT2D eigenvalue weighted by molar-refractivity contribution is 7.89. The molecule has 0 spiro atoms. The van der Waals surface area contributed by atoms with Gasteiger partial charge in [0.25, 0.3) is 0 Å². The second-order valence-electron chi connectivity index (χ2n) is 4.26. The third-order valence-corrected chi connectivity index (χ3v) is 4.53. The number of nitriles is 2. The van der Waals surface area contributed by atoms with Crippen molar-refractivity contribution >= 4 is 10.0 Å². The van der Waals surface area contributed by atoms with Gasteiger partial charge in [-0.2, -0.15) is 14.8 Å². The second-order valence-corrected chi connectivity index (χ2v) is 6.20. The van der Waals surface area contributed by atoms with Gasteiger partial charge in [0.05, 0.1) is 23.6 Å². The van der Waals surface area contributed by atoms with Crippen molar-refractivity contribution < 1.29 is 13.2 Å². The van der Waals surface area contributed by atoms with Gasteiger partial charge in [-0.15, -0.1) is 0 Å². The number of ether oxygens (including phenoxy) is 1. The first-order valence-electron chi connectivity index (χ1n) is 6.53. The van der Waals surface area contributed by atoms with E-state index in [9.17, 15) is 8.42 Å². The van der Waals surface area contributed by atoms with Gasteiger partial charge < -0.3 is 4.74 Å². The maximum absolute atomic E-state index is 12.3. The van der Waals surface area contributed by atoms with Crippen LogP contribution in [0.1, 0.15) is 19.8 Å². The Kier molecular flexibility index (Phi) is 6.67. The fourth-order valence-electron chi connectivity index (χ4n) is 1.57. The fraction of sp³-hybridized carbons (Fsp3) is 0.429. The average molecular weight is 307 g/mol. The molecule has 0 N–H and O–H groups in total. The minimum Gasteiger partial charge on any atom is -0.494 e. The lowest BCUT2D eigenvalue weighted by atomic mass is 10.3. The first-order valence-corrected chi connectivity index (χ1v) is 7.97. The van der Waals surface area contributed by atoms with Crippen LogP contribution >= 0.6 is 0 Å². The number of benzene rings is 1. The van der Waals surface area contributed by atoms with Crippen LogP contribution in [0.3, 0.4) is 0 Å². The Labute approximate surface area is 125 Å². The van der Waals surface area contributed by atoms with Gasteiger partial charge in [-0.3, -0.25) is 0 Å². The Balaban J connectivity index is 2.89. The van der Waals surface area contributed by atoms with Crippen molar-refractivity contribution in [3.05, 3.63) is 24.3 Å². The summed E-state index contributed by atoms with van der Waals surface area (Å²) in [5, 5.41) is 17.3. The van der Waals surface area contributed by atoms with Crippen LogP contribution < -0.4 is 4.74 Å². The zero-order valence-corrected chi connectivity index (χ0v) is 12.6. The van der Waals surface area contributed by atoms with Crippen LogP contribution in [0, 0.1) is 22.7 Å². The van der Waals surface area contributed by atoms with Crippen LogP contribution in [0.4, 0.5) is 0 Å². The van der Waals surface area contributed by atoms with Crippen molar-refractivity contribution in [3.8, 4) is 17.9 Å². The van der Waals surface area contributed by atoms with Gasteiger partial charge in [0.2, 0.25) is 10.0 Å². The summed E-state index contributed by atoms with van der Waals surface area (Å²) in [6, 6.07) is 9.46. The first-order chi connectivity index (χ1) is 10.1. The van der Waals surface area contributed by atoms with Gasteiger partial charge in [-0.05, 0) is 30.7 Å². The lowest BCUT2D eigenvalue weighted by Gasteiger charge is -2.16. The van der Waals surface area contributed by atoms with Crippen LogP contribution in [0.15, 0.2) is 29.2 Å². The van der Waals surface area contributed by atoms with E-state index in [1.165, 1.54) is 12.1 Å². The minimum atomic E-state index is -3.83. The van der Waals surface area contributed by atoms with E-state index in [4.69, 9.17) is 15.3 Å². The predicted molar refractivity (Wildman–Crippen MR) is 76.8 cm³/mol. The highest BCUT2D eigenvalue weighted by Gasteiger charge is 2.23. The Hall–Kier alpha value is -2.09. The van der Waals surface area contributed by atoms with E-state index in [2.05, 4.69) is 6.92 Å². The van der Waals surface area contributed by atoms with Gasteiger partial charge in [-0.1, -0.05) is 13.3 Å². The Morgan fingerprint density at radius 1 is 1.14 bits per heavy atom. The van der Waals surface area contributed by atoms with Crippen molar-refractivity contribution in [2.75, 3.05) is 19.7 Å². The first kappa shape index (κ1) is 17.0. The molecule has 1 rings (SSSR count). The SMILES string of the molecule is CCCCOc1ccc(S(=O)(=O)N(CC#N)CC#N)cc1. The van der Waals surface area contributed by atoms with E-state index in [-0.39, 0.29) is 18.0 Å². The molecule has 6 nitrogen and oxygen atoms in total. The third kappa shape index (κ3) is 4.75. The van der Waals surface area contributed by atoms with E-state index in [0.717, 1.165) is 17.1 Å². The van der Waals surface area contributed by atoms with Crippen molar-refractivity contribution in [2.45, 2.75) is 24.7 Å². The Bertz CT molecular complexity index is 611. The summed E-state index contributed by atoms with van der Waals surface area (Å²) < 4.78 is 30.8. The molecule has 0 saturated carbocycles. The predicted octanol–water partition coefficient (Wildman–Crippen LogP) is 1.90. The second kappa shape index (κ2) is 8.25. The maximum Gasteiger partial charge on any atom is 0.244 e. The molecule has 112 valence electrons. The van der Waals surface area contributed by atoms with Gasteiger partial charge in [0, 0.05) is 0 Å². The topological polar surface area (TPSA) is 94.2 Å². The number of rotatable bonds is 8. The number of sulfonamides is 1. The van der Waals surface area contributed by atoms with Crippen molar-refractivity contribution in [1.82, 2.24) is 4.31 Å². The summed E-state index contributed by atoms with van der Waals surface area (Å²) in [5.41, 5.74) is 0. The van der Waals surface area contributed by atoms with E-state index in [1.54, 1.807) is 24.3 Å². The summed E-state index contributed by atoms with van der Waals surface area (Å²) in [4.78, 5) is 0.0378. The monoisotopic (exact) mass is 307 g/mol. The third-order valence-electron chi connectivity index (χ3n) is 2.72. The molecule has 0 fully saturated rings. The molecule has 0 aliphatic rings. The summed E-state index contributed by atoms with van der Waals surface area (Å²) in [5.74, 6) is 0.592. The van der Waals surface area contributed by atoms with Crippen LogP contribution in [-0.2, 0) is 10.0 Å². The molecular formula is C14H17N3O3S. The van der Waals surface area contributed by atoms with Crippen LogP contribution in [0.2, 0.25) is 0 Å². The molecule has 0 radical (unpaired) electrons. The Morgan fingerprint density at radius 3 is 2.19 bits per heavy atom. The Morgan fingerprint density at radius 2 is 1.71 bits per heavy atom. The van der Waals surface area contributed by atoms with Crippen LogP contribution in [-0.4, -0.2) is 32.4 Å². The molecule has 7 heteroatoms. The smallest absolute Gasteiger partial charge is 0.244 e. The zero-order valence-electron chi connectivity index (χ0n) is 11.8. The molecule has 0 unspecified atom stereocenters. The quantitative estimate of drug-likeness (QED) is 0.540. The van der Waals surface area contributed by atoms with Crippen molar-refractivity contribution in [3.63, 3.8) is 0 Å². The average Bonchev–Trinajstić information content (AvgIpc) is 2.48. The summed E-state index contributed by atoms with van der Waals surface area (Å²) in [7, 11) is -3.83. The molecule has 0 amide bonds. The molecular weight excluding hydrogens is 290 g/mol. The molecule has 0 heterocycles. The molecule has 0 bridgehead atoms. The molecule has 21 heavy (non-hydrogen) atoms. The maximum atomic E-state index is 12.3. The number of nitrogens with zero attached hydrogens (tertiary/aromatic N) is 3. The van der Waals surface area contributed by atoms with Gasteiger partial charge in [-0.25, -0.2) is 8.42 Å². The highest BCUT2D eigenvalue weighted by atomic mass is 32.2. The van der Waals surface area contributed by atoms with E-state index in [1.807, 2.05) is 0 Å². The van der Waals surface area contributed by atoms with Gasteiger partial charge >= 0.3 is 0 Å². The lowest BCUT2D eigenvalue weighted by Crippen LogP contribution is -2.31. The lowest BCUT2D eigenvalue weighted by molar-refractivity contribution is 0.309. The standard InChI is InChI=1S/C14H17N3O3S/c1-2-3-12-20-13-4-6-14(7-5-13)21(18,19)17(10-8-15)11-9-16/h4-7H,2-3,10-12H2,1H3. The largest absolute Gasteiger partial charge is 0.494 e. The minimum absolute atomic E-state index is 0.0378. The molecule has 0 aromatic heterocycles. The molecule has 0 saturated heterocycles. The number of hydrogen-bond donors (Lipinski definition) is 0. The van der Waals surface area contributed by atoms with Crippen LogP contribution in [0.25, 0.3) is 0 Å². The van der Waals surface area contributed by atoms with Crippen molar-refractivity contribution in [2.24, 2.45) is 0 Å². The van der Waals surface area contributed by atoms with Crippen LogP contribution in [0.5, 0.6) is 5.75 Å². The van der Waals surface area contributed by atoms with E-state index >= 15 is 0 Å². The highest BCUT2D eigenvalue weighted by Crippen LogP contribution is 2.19. The number of unbranched alkanes of at least 4 members (excludes halogenated alkanes) is 1. The van der Waals surface area contributed by atoms with Gasteiger partial charge in [0.15, 0.2) is 0 Å². The van der Waals surface area contributed by atoms with Crippen molar-refractivity contribution in [1.29, 1.82) is 10.5 Å². The van der Waals surface area contributed by atoms with Gasteiger partial charge in [0.1, 0.15) is 18.8 Å². The molecule has 1 aromatic rings. The summed E-state index contributed by atoms with van der Waals surface area (Å²) >= 11 is 0. The zero-order chi connectivity index (χ0) is 15.7. The fourth-order valence-corrected chi connectivity index (χ4v) is 2.81. The number of hydrogen-bond acceptors (Lipinski definition) is 5. The normalized spacial score (nSPS) is 10.9. The summed E-state index contributed by atoms with van der Waals surface area (Å²) in [6.45, 7) is 1.92. The molecule has 0 atom stereocenters. The molecule has 0 aliphatic carbocycles. The molecule has 0 aliphatic heterocycles. The van der Waals surface area contributed by atoms with E-state index in [0.29, 0.717) is 12.4 Å². The summed E-state index contributed by atoms with van der Waals surface area (Å²) in [6.07, 6.45) is 1.95. The molecule has 1 aromatic carbocycles.